The Kier molecular flexibility index (Phi) is 7.78. The fourth-order valence-electron chi connectivity index (χ4n) is 3.57. The van der Waals surface area contributed by atoms with Crippen LogP contribution in [0, 0.1) is 15.9 Å². The third-order valence-electron chi connectivity index (χ3n) is 5.41. The van der Waals surface area contributed by atoms with Gasteiger partial charge in [0, 0.05) is 50.9 Å². The quantitative estimate of drug-likeness (QED) is 0.473. The Balaban J connectivity index is 1.55. The second-order valence-electron chi connectivity index (χ2n) is 7.38. The summed E-state index contributed by atoms with van der Waals surface area (Å²) < 4.78 is 23.3. The van der Waals surface area contributed by atoms with Crippen LogP contribution in [-0.2, 0) is 0 Å². The number of carbonyl (C=O) groups excluding carboxylic acids is 2. The van der Waals surface area contributed by atoms with E-state index in [1.807, 2.05) is 0 Å². The predicted molar refractivity (Wildman–Crippen MR) is 117 cm³/mol. The van der Waals surface area contributed by atoms with Gasteiger partial charge in [0.2, 0.25) is 0 Å². The number of piperazine rings is 1. The molecule has 11 heteroatoms. The number of nitro benzene ring substituents is 1. The number of nitrogens with one attached hydrogen (secondary N) is 1. The summed E-state index contributed by atoms with van der Waals surface area (Å²) in [6, 6.07) is 7.81. The van der Waals surface area contributed by atoms with Gasteiger partial charge in [-0.1, -0.05) is 0 Å². The standard InChI is InChI=1S/C22H25FN4O6/c1-32-19-13-17(18(27(30)31)14-20(19)33-2)22(29)26-11-9-25(10-12-26)8-7-24-21(28)15-3-5-16(23)6-4-15/h3-6,13-14H,7-12H2,1-2H3,(H,24,28). The third-order valence-corrected chi connectivity index (χ3v) is 5.41. The van der Waals surface area contributed by atoms with Crippen LogP contribution in [0.1, 0.15) is 20.7 Å². The molecule has 1 saturated heterocycles. The number of nitrogens with zero attached hydrogens (tertiary/aromatic N) is 3. The predicted octanol–water partition coefficient (Wildman–Crippen LogP) is 1.94. The van der Waals surface area contributed by atoms with Crippen molar-refractivity contribution in [2.24, 2.45) is 0 Å². The van der Waals surface area contributed by atoms with E-state index in [1.54, 1.807) is 4.90 Å². The van der Waals surface area contributed by atoms with Crippen LogP contribution in [0.15, 0.2) is 36.4 Å². The lowest BCUT2D eigenvalue weighted by Crippen LogP contribution is -2.50. The maximum Gasteiger partial charge on any atom is 0.286 e. The smallest absolute Gasteiger partial charge is 0.286 e. The van der Waals surface area contributed by atoms with Gasteiger partial charge < -0.3 is 19.7 Å². The number of carbonyl (C=O) groups is 2. The van der Waals surface area contributed by atoms with E-state index >= 15 is 0 Å². The van der Waals surface area contributed by atoms with E-state index in [1.165, 1.54) is 50.6 Å². The van der Waals surface area contributed by atoms with Crippen LogP contribution < -0.4 is 14.8 Å². The zero-order chi connectivity index (χ0) is 24.0. The molecule has 1 aliphatic heterocycles. The molecule has 1 N–H and O–H groups in total. The molecule has 1 heterocycles. The van der Waals surface area contributed by atoms with Crippen molar-refractivity contribution in [3.63, 3.8) is 0 Å². The van der Waals surface area contributed by atoms with E-state index in [4.69, 9.17) is 9.47 Å². The molecule has 2 aromatic rings. The SMILES string of the molecule is COc1cc(C(=O)N2CCN(CCNC(=O)c3ccc(F)cc3)CC2)c([N+](=O)[O-])cc1OC. The highest BCUT2D eigenvalue weighted by molar-refractivity contribution is 5.99. The van der Waals surface area contributed by atoms with Gasteiger partial charge in [-0.05, 0) is 24.3 Å². The molecule has 10 nitrogen and oxygen atoms in total. The summed E-state index contributed by atoms with van der Waals surface area (Å²) in [4.78, 5) is 39.6. The lowest BCUT2D eigenvalue weighted by Gasteiger charge is -2.34. The van der Waals surface area contributed by atoms with Crippen LogP contribution >= 0.6 is 0 Å². The van der Waals surface area contributed by atoms with Gasteiger partial charge in [-0.15, -0.1) is 0 Å². The fourth-order valence-corrected chi connectivity index (χ4v) is 3.57. The molecular formula is C22H25FN4O6. The molecule has 0 bridgehead atoms. The maximum atomic E-state index is 13.0. The molecule has 33 heavy (non-hydrogen) atoms. The third kappa shape index (κ3) is 5.75. The average Bonchev–Trinajstić information content (AvgIpc) is 2.83. The summed E-state index contributed by atoms with van der Waals surface area (Å²) in [6.07, 6.45) is 0. The summed E-state index contributed by atoms with van der Waals surface area (Å²) in [5.74, 6) is -0.732. The molecule has 0 aromatic heterocycles. The van der Waals surface area contributed by atoms with Crippen molar-refractivity contribution in [3.8, 4) is 11.5 Å². The first-order valence-corrected chi connectivity index (χ1v) is 10.3. The fraction of sp³-hybridized carbons (Fsp3) is 0.364. The topological polar surface area (TPSA) is 114 Å². The second-order valence-corrected chi connectivity index (χ2v) is 7.38. The number of hydrogen-bond acceptors (Lipinski definition) is 7. The van der Waals surface area contributed by atoms with Gasteiger partial charge in [0.25, 0.3) is 17.5 Å². The van der Waals surface area contributed by atoms with E-state index in [0.717, 1.165) is 0 Å². The lowest BCUT2D eigenvalue weighted by atomic mass is 10.1. The number of ether oxygens (including phenoxy) is 2. The molecule has 0 radical (unpaired) electrons. The zero-order valence-corrected chi connectivity index (χ0v) is 18.4. The molecule has 176 valence electrons. The van der Waals surface area contributed by atoms with E-state index in [9.17, 15) is 24.1 Å². The Bertz CT molecular complexity index is 1020. The van der Waals surface area contributed by atoms with Crippen LogP contribution in [0.2, 0.25) is 0 Å². The van der Waals surface area contributed by atoms with Gasteiger partial charge in [-0.3, -0.25) is 24.6 Å². The molecule has 2 amide bonds. The van der Waals surface area contributed by atoms with Crippen molar-refractivity contribution in [1.29, 1.82) is 0 Å². The highest BCUT2D eigenvalue weighted by atomic mass is 19.1. The zero-order valence-electron chi connectivity index (χ0n) is 18.4. The summed E-state index contributed by atoms with van der Waals surface area (Å²) >= 11 is 0. The molecule has 0 unspecified atom stereocenters. The molecule has 1 aliphatic rings. The number of benzene rings is 2. The Morgan fingerprint density at radius 2 is 1.67 bits per heavy atom. The van der Waals surface area contributed by atoms with Crippen molar-refractivity contribution in [1.82, 2.24) is 15.1 Å². The number of rotatable bonds is 8. The van der Waals surface area contributed by atoms with Gasteiger partial charge in [0.05, 0.1) is 25.2 Å². The Morgan fingerprint density at radius 3 is 2.24 bits per heavy atom. The van der Waals surface area contributed by atoms with Gasteiger partial charge in [0.15, 0.2) is 11.5 Å². The first-order valence-electron chi connectivity index (χ1n) is 10.3. The summed E-state index contributed by atoms with van der Waals surface area (Å²) in [6.45, 7) is 2.85. The van der Waals surface area contributed by atoms with Gasteiger partial charge in [-0.25, -0.2) is 4.39 Å². The maximum absolute atomic E-state index is 13.0. The second kappa shape index (κ2) is 10.7. The van der Waals surface area contributed by atoms with E-state index in [0.29, 0.717) is 44.8 Å². The van der Waals surface area contributed by atoms with E-state index in [-0.39, 0.29) is 28.7 Å². The molecule has 0 spiro atoms. The molecule has 2 aromatic carbocycles. The Morgan fingerprint density at radius 1 is 1.06 bits per heavy atom. The molecule has 1 fully saturated rings. The van der Waals surface area contributed by atoms with Crippen molar-refractivity contribution < 1.29 is 28.4 Å². The van der Waals surface area contributed by atoms with E-state index in [2.05, 4.69) is 10.2 Å². The molecule has 0 atom stereocenters. The van der Waals surface area contributed by atoms with E-state index < -0.39 is 16.6 Å². The largest absolute Gasteiger partial charge is 0.493 e. The lowest BCUT2D eigenvalue weighted by molar-refractivity contribution is -0.385. The monoisotopic (exact) mass is 460 g/mol. The number of hydrogen-bond donors (Lipinski definition) is 1. The number of amides is 2. The first-order chi connectivity index (χ1) is 15.8. The normalized spacial score (nSPS) is 14.0. The minimum Gasteiger partial charge on any atom is -0.493 e. The summed E-state index contributed by atoms with van der Waals surface area (Å²) in [5.41, 5.74) is -0.0235. The van der Waals surface area contributed by atoms with Crippen LogP contribution in [0.3, 0.4) is 0 Å². The highest BCUT2D eigenvalue weighted by Crippen LogP contribution is 2.35. The van der Waals surface area contributed by atoms with Crippen molar-refractivity contribution in [2.45, 2.75) is 0 Å². The van der Waals surface area contributed by atoms with Crippen LogP contribution in [0.5, 0.6) is 11.5 Å². The number of methoxy groups -OCH3 is 2. The van der Waals surface area contributed by atoms with Crippen molar-refractivity contribution >= 4 is 17.5 Å². The Labute approximate surface area is 190 Å². The Hall–Kier alpha value is -3.73. The minimum atomic E-state index is -0.616. The van der Waals surface area contributed by atoms with Crippen LogP contribution in [0.4, 0.5) is 10.1 Å². The minimum absolute atomic E-state index is 0.0577. The highest BCUT2D eigenvalue weighted by Gasteiger charge is 2.29. The molecule has 3 rings (SSSR count). The molecule has 0 aliphatic carbocycles. The van der Waals surface area contributed by atoms with Crippen LogP contribution in [-0.4, -0.2) is 80.0 Å². The molecular weight excluding hydrogens is 435 g/mol. The van der Waals surface area contributed by atoms with Gasteiger partial charge in [-0.2, -0.15) is 0 Å². The van der Waals surface area contributed by atoms with Crippen molar-refractivity contribution in [3.05, 3.63) is 63.5 Å². The van der Waals surface area contributed by atoms with Crippen molar-refractivity contribution in [2.75, 3.05) is 53.5 Å². The summed E-state index contributed by atoms with van der Waals surface area (Å²) in [7, 11) is 2.76. The first kappa shape index (κ1) is 23.9. The van der Waals surface area contributed by atoms with Gasteiger partial charge >= 0.3 is 0 Å². The van der Waals surface area contributed by atoms with Gasteiger partial charge in [0.1, 0.15) is 11.4 Å². The average molecular weight is 460 g/mol. The van der Waals surface area contributed by atoms with Crippen LogP contribution in [0.25, 0.3) is 0 Å². The number of nitro groups is 1. The summed E-state index contributed by atoms with van der Waals surface area (Å²) in [5, 5.41) is 14.3. The molecule has 0 saturated carbocycles. The number of halogens is 1.